The van der Waals surface area contributed by atoms with Gasteiger partial charge in [0.2, 0.25) is 0 Å². The minimum absolute atomic E-state index is 0.425. The van der Waals surface area contributed by atoms with Gasteiger partial charge in [-0.05, 0) is 43.0 Å². The lowest BCUT2D eigenvalue weighted by Gasteiger charge is -2.23. The second-order valence-corrected chi connectivity index (χ2v) is 6.24. The summed E-state index contributed by atoms with van der Waals surface area (Å²) in [4.78, 5) is 0. The maximum absolute atomic E-state index is 10.4. The third-order valence-corrected chi connectivity index (χ3v) is 3.57. The van der Waals surface area contributed by atoms with Crippen molar-refractivity contribution in [2.24, 2.45) is 0 Å². The van der Waals surface area contributed by atoms with Gasteiger partial charge in [-0.25, -0.2) is 0 Å². The molecule has 0 aliphatic heterocycles. The predicted octanol–water partition coefficient (Wildman–Crippen LogP) is 4.62. The van der Waals surface area contributed by atoms with Crippen LogP contribution in [0.3, 0.4) is 0 Å². The molecular formula is C19H24O2. The van der Waals surface area contributed by atoms with Gasteiger partial charge in [0.15, 0.2) is 0 Å². The van der Waals surface area contributed by atoms with E-state index in [1.165, 1.54) is 5.56 Å². The molecule has 0 saturated carbocycles. The van der Waals surface area contributed by atoms with Crippen LogP contribution in [0.2, 0.25) is 0 Å². The van der Waals surface area contributed by atoms with Crippen molar-refractivity contribution >= 4 is 0 Å². The first kappa shape index (κ1) is 15.6. The van der Waals surface area contributed by atoms with E-state index >= 15 is 0 Å². The van der Waals surface area contributed by atoms with Crippen molar-refractivity contribution in [1.29, 1.82) is 0 Å². The van der Waals surface area contributed by atoms with Crippen LogP contribution in [0.5, 0.6) is 5.75 Å². The van der Waals surface area contributed by atoms with Crippen LogP contribution in [-0.4, -0.2) is 5.11 Å². The smallest absolute Gasteiger partial charge is 0.125 e. The fraction of sp³-hybridized carbons (Fsp3) is 0.368. The summed E-state index contributed by atoms with van der Waals surface area (Å²) in [5.74, 6) is 1.17. The van der Waals surface area contributed by atoms with Gasteiger partial charge in [0.05, 0.1) is 5.60 Å². The van der Waals surface area contributed by atoms with Crippen LogP contribution in [0.4, 0.5) is 0 Å². The summed E-state index contributed by atoms with van der Waals surface area (Å²) in [5, 5.41) is 10.4. The average Bonchev–Trinajstić information content (AvgIpc) is 2.45. The van der Waals surface area contributed by atoms with E-state index in [4.69, 9.17) is 4.74 Å². The Morgan fingerprint density at radius 2 is 1.71 bits per heavy atom. The number of hydrogen-bond acceptors (Lipinski definition) is 2. The van der Waals surface area contributed by atoms with Crippen LogP contribution < -0.4 is 4.74 Å². The molecule has 2 heteroatoms. The Morgan fingerprint density at radius 3 is 2.29 bits per heavy atom. The van der Waals surface area contributed by atoms with Gasteiger partial charge < -0.3 is 9.84 Å². The van der Waals surface area contributed by atoms with Gasteiger partial charge in [-0.1, -0.05) is 50.2 Å². The quantitative estimate of drug-likeness (QED) is 0.868. The van der Waals surface area contributed by atoms with Gasteiger partial charge in [0, 0.05) is 5.56 Å². The summed E-state index contributed by atoms with van der Waals surface area (Å²) in [6, 6.07) is 16.1. The summed E-state index contributed by atoms with van der Waals surface area (Å²) in [5.41, 5.74) is 2.24. The van der Waals surface area contributed by atoms with Crippen molar-refractivity contribution < 1.29 is 9.84 Å². The first-order chi connectivity index (χ1) is 9.88. The topological polar surface area (TPSA) is 29.5 Å². The number of hydrogen-bond donors (Lipinski definition) is 1. The molecule has 0 atom stereocenters. The van der Waals surface area contributed by atoms with Crippen molar-refractivity contribution in [3.63, 3.8) is 0 Å². The molecule has 0 aliphatic carbocycles. The molecule has 2 aromatic carbocycles. The lowest BCUT2D eigenvalue weighted by molar-refractivity contribution is 0.0742. The number of rotatable bonds is 5. The van der Waals surface area contributed by atoms with Gasteiger partial charge in [0.25, 0.3) is 0 Å². The zero-order valence-electron chi connectivity index (χ0n) is 13.3. The second kappa shape index (κ2) is 6.31. The van der Waals surface area contributed by atoms with Crippen LogP contribution in [0.1, 0.15) is 50.3 Å². The Labute approximate surface area is 127 Å². The van der Waals surface area contributed by atoms with E-state index in [1.807, 2.05) is 42.5 Å². The third kappa shape index (κ3) is 4.08. The van der Waals surface area contributed by atoms with E-state index in [9.17, 15) is 5.11 Å². The molecule has 0 aromatic heterocycles. The molecule has 1 N–H and O–H groups in total. The Hall–Kier alpha value is -1.80. The first-order valence-corrected chi connectivity index (χ1v) is 7.41. The van der Waals surface area contributed by atoms with Crippen LogP contribution in [0, 0.1) is 0 Å². The molecule has 2 rings (SSSR count). The summed E-state index contributed by atoms with van der Waals surface area (Å²) in [7, 11) is 0. The van der Waals surface area contributed by atoms with E-state index in [1.54, 1.807) is 13.8 Å². The van der Waals surface area contributed by atoms with Crippen LogP contribution in [0.25, 0.3) is 0 Å². The molecule has 0 radical (unpaired) electrons. The van der Waals surface area contributed by atoms with E-state index in [-0.39, 0.29) is 0 Å². The summed E-state index contributed by atoms with van der Waals surface area (Å²) in [6.07, 6.45) is 0. The molecule has 0 aliphatic rings. The Balaban J connectivity index is 2.26. The highest BCUT2D eigenvalue weighted by atomic mass is 16.5. The standard InChI is InChI=1S/C19H24O2/c1-14(2)16-10-11-18(17(12-16)19(3,4)20)21-13-15-8-6-5-7-9-15/h5-12,14,20H,13H2,1-4H3. The fourth-order valence-corrected chi connectivity index (χ4v) is 2.25. The van der Waals surface area contributed by atoms with Gasteiger partial charge in [-0.3, -0.25) is 0 Å². The van der Waals surface area contributed by atoms with Crippen LogP contribution in [0.15, 0.2) is 48.5 Å². The molecule has 0 amide bonds. The van der Waals surface area contributed by atoms with Gasteiger partial charge >= 0.3 is 0 Å². The monoisotopic (exact) mass is 284 g/mol. The highest BCUT2D eigenvalue weighted by Gasteiger charge is 2.22. The van der Waals surface area contributed by atoms with Crippen molar-refractivity contribution in [1.82, 2.24) is 0 Å². The van der Waals surface area contributed by atoms with E-state index in [0.717, 1.165) is 16.9 Å². The maximum atomic E-state index is 10.4. The summed E-state index contributed by atoms with van der Waals surface area (Å²) >= 11 is 0. The molecule has 0 fully saturated rings. The zero-order valence-corrected chi connectivity index (χ0v) is 13.3. The van der Waals surface area contributed by atoms with E-state index < -0.39 is 5.60 Å². The molecule has 0 spiro atoms. The summed E-state index contributed by atoms with van der Waals surface area (Å²) < 4.78 is 5.92. The molecule has 2 nitrogen and oxygen atoms in total. The average molecular weight is 284 g/mol. The highest BCUT2D eigenvalue weighted by Crippen LogP contribution is 2.33. The molecule has 21 heavy (non-hydrogen) atoms. The SMILES string of the molecule is CC(C)c1ccc(OCc2ccccc2)c(C(C)(C)O)c1. The zero-order chi connectivity index (χ0) is 15.5. The van der Waals surface area contributed by atoms with Crippen LogP contribution in [-0.2, 0) is 12.2 Å². The molecule has 0 unspecified atom stereocenters. The normalized spacial score (nSPS) is 11.7. The minimum Gasteiger partial charge on any atom is -0.489 e. The lowest BCUT2D eigenvalue weighted by atomic mass is 9.92. The number of aliphatic hydroxyl groups is 1. The molecule has 2 aromatic rings. The fourth-order valence-electron chi connectivity index (χ4n) is 2.25. The van der Waals surface area contributed by atoms with Crippen LogP contribution >= 0.6 is 0 Å². The third-order valence-electron chi connectivity index (χ3n) is 3.57. The molecular weight excluding hydrogens is 260 g/mol. The van der Waals surface area contributed by atoms with E-state index in [0.29, 0.717) is 12.5 Å². The van der Waals surface area contributed by atoms with E-state index in [2.05, 4.69) is 19.9 Å². The highest BCUT2D eigenvalue weighted by molar-refractivity contribution is 5.41. The second-order valence-electron chi connectivity index (χ2n) is 6.24. The molecule has 0 bridgehead atoms. The van der Waals surface area contributed by atoms with Crippen molar-refractivity contribution in [2.75, 3.05) is 0 Å². The van der Waals surface area contributed by atoms with Gasteiger partial charge in [0.1, 0.15) is 12.4 Å². The first-order valence-electron chi connectivity index (χ1n) is 7.41. The van der Waals surface area contributed by atoms with Crippen molar-refractivity contribution in [3.05, 3.63) is 65.2 Å². The van der Waals surface area contributed by atoms with Crippen molar-refractivity contribution in [3.8, 4) is 5.75 Å². The van der Waals surface area contributed by atoms with Gasteiger partial charge in [-0.15, -0.1) is 0 Å². The summed E-state index contributed by atoms with van der Waals surface area (Å²) in [6.45, 7) is 8.39. The Morgan fingerprint density at radius 1 is 1.05 bits per heavy atom. The largest absolute Gasteiger partial charge is 0.489 e. The van der Waals surface area contributed by atoms with Gasteiger partial charge in [-0.2, -0.15) is 0 Å². The molecule has 112 valence electrons. The predicted molar refractivity (Wildman–Crippen MR) is 86.5 cm³/mol. The molecule has 0 saturated heterocycles. The maximum Gasteiger partial charge on any atom is 0.125 e. The Kier molecular flexibility index (Phi) is 4.69. The van der Waals surface area contributed by atoms with Crippen molar-refractivity contribution in [2.45, 2.75) is 45.8 Å². The molecule has 0 heterocycles. The number of ether oxygens (including phenoxy) is 1. The Bertz CT molecular complexity index is 580. The minimum atomic E-state index is -0.920. The lowest BCUT2D eigenvalue weighted by Crippen LogP contribution is -2.17. The number of benzene rings is 2.